The van der Waals surface area contributed by atoms with Gasteiger partial charge in [-0.1, -0.05) is 24.3 Å². The summed E-state index contributed by atoms with van der Waals surface area (Å²) >= 11 is 0. The van der Waals surface area contributed by atoms with E-state index in [9.17, 15) is 38.4 Å². The van der Waals surface area contributed by atoms with Crippen LogP contribution in [0.5, 0.6) is 0 Å². The van der Waals surface area contributed by atoms with E-state index in [1.807, 2.05) is 0 Å². The topological polar surface area (TPSA) is 301 Å². The number of carbonyl (C=O) groups excluding carboxylic acids is 4. The molecule has 0 aliphatic rings. The zero-order valence-corrected chi connectivity index (χ0v) is 28.0. The summed E-state index contributed by atoms with van der Waals surface area (Å²) in [5.41, 5.74) is 12.6. The van der Waals surface area contributed by atoms with Crippen LogP contribution in [0.1, 0.15) is 21.5 Å². The van der Waals surface area contributed by atoms with Crippen molar-refractivity contribution in [3.63, 3.8) is 0 Å². The summed E-state index contributed by atoms with van der Waals surface area (Å²) in [5, 5.41) is 41.7. The van der Waals surface area contributed by atoms with E-state index in [4.69, 9.17) is 26.2 Å². The summed E-state index contributed by atoms with van der Waals surface area (Å²) in [4.78, 5) is 96.9. The minimum absolute atomic E-state index is 0.000497. The van der Waals surface area contributed by atoms with Gasteiger partial charge in [-0.25, -0.2) is 0 Å². The van der Waals surface area contributed by atoms with Crippen molar-refractivity contribution >= 4 is 53.7 Å². The molecule has 2 aromatic rings. The van der Waals surface area contributed by atoms with Crippen LogP contribution in [0, 0.1) is 0 Å². The van der Waals surface area contributed by atoms with Crippen molar-refractivity contribution in [2.75, 3.05) is 64.2 Å². The molecular formula is C32H42N8O12. The number of nitrogens with zero attached hydrogens (tertiary/aromatic N) is 3. The first-order valence-corrected chi connectivity index (χ1v) is 15.7. The monoisotopic (exact) mass is 730 g/mol. The van der Waals surface area contributed by atoms with Gasteiger partial charge in [0.05, 0.1) is 38.8 Å². The number of carboxylic acid groups (broad SMARTS) is 4. The molecule has 0 saturated heterocycles. The van der Waals surface area contributed by atoms with Crippen LogP contribution in [0.4, 0.5) is 5.69 Å². The number of hydrazine groups is 1. The molecule has 0 bridgehead atoms. The van der Waals surface area contributed by atoms with E-state index in [0.29, 0.717) is 17.7 Å². The van der Waals surface area contributed by atoms with Gasteiger partial charge in [0.1, 0.15) is 0 Å². The van der Waals surface area contributed by atoms with Gasteiger partial charge in [0.25, 0.3) is 11.8 Å². The molecule has 0 aromatic heterocycles. The summed E-state index contributed by atoms with van der Waals surface area (Å²) in [5.74, 6) is -6.81. The molecule has 0 radical (unpaired) electrons. The van der Waals surface area contributed by atoms with Crippen LogP contribution in [0.3, 0.4) is 0 Å². The second-order valence-corrected chi connectivity index (χ2v) is 11.5. The third-order valence-corrected chi connectivity index (χ3v) is 7.24. The van der Waals surface area contributed by atoms with Crippen molar-refractivity contribution in [2.45, 2.75) is 19.0 Å². The Bertz CT molecular complexity index is 1480. The molecular weight excluding hydrogens is 688 g/mol. The predicted molar refractivity (Wildman–Crippen MR) is 182 cm³/mol. The molecule has 52 heavy (non-hydrogen) atoms. The summed E-state index contributed by atoms with van der Waals surface area (Å²) in [6.07, 6.45) is 0.707. The van der Waals surface area contributed by atoms with Crippen LogP contribution in [-0.2, 0) is 46.5 Å². The molecule has 20 nitrogen and oxygen atoms in total. The molecule has 0 saturated carbocycles. The first kappa shape index (κ1) is 42.2. The number of aliphatic carboxylic acids is 4. The van der Waals surface area contributed by atoms with Gasteiger partial charge in [-0.3, -0.25) is 63.9 Å². The zero-order valence-electron chi connectivity index (χ0n) is 28.0. The largest absolute Gasteiger partial charge is 0.480 e. The first-order chi connectivity index (χ1) is 24.6. The molecule has 0 spiro atoms. The molecule has 20 heteroatoms. The summed E-state index contributed by atoms with van der Waals surface area (Å²) in [7, 11) is 0. The molecule has 2 aromatic carbocycles. The Hall–Kier alpha value is -5.96. The Labute approximate surface area is 297 Å². The standard InChI is InChI=1S/C32H42N8O12/c33-25(13-21-3-7-24(8-4-21)35-20-41)32(52)37-36-31(51)23-5-1-22(2-6-23)14-34-26(42)15-38(9-11-39(16-27(43)44)17-28(45)46)10-12-40(18-29(47)48)19-30(49)50/h1-8,20,25H,9-19,33H2,(H,34,42)(H,35,41)(H,36,51)(H,37,52)(H,43,44)(H,45,46)(H,47,48)(H,49,50)/t25-/m1/s1. The van der Waals surface area contributed by atoms with E-state index in [0.717, 1.165) is 15.4 Å². The normalized spacial score (nSPS) is 11.5. The maximum absolute atomic E-state index is 12.9. The van der Waals surface area contributed by atoms with Gasteiger partial charge in [0, 0.05) is 44.0 Å². The molecule has 0 fully saturated rings. The third kappa shape index (κ3) is 17.1. The Morgan fingerprint density at radius 3 is 1.56 bits per heavy atom. The Balaban J connectivity index is 1.94. The lowest BCUT2D eigenvalue weighted by atomic mass is 10.1. The number of benzene rings is 2. The number of hydrogen-bond donors (Lipinski definition) is 9. The fraction of sp³-hybridized carbons (Fsp3) is 0.375. The molecule has 0 aliphatic carbocycles. The van der Waals surface area contributed by atoms with E-state index >= 15 is 0 Å². The van der Waals surface area contributed by atoms with Crippen molar-refractivity contribution in [1.29, 1.82) is 0 Å². The third-order valence-electron chi connectivity index (χ3n) is 7.24. The van der Waals surface area contributed by atoms with E-state index in [2.05, 4.69) is 21.5 Å². The zero-order chi connectivity index (χ0) is 38.6. The summed E-state index contributed by atoms with van der Waals surface area (Å²) in [6, 6.07) is 11.8. The van der Waals surface area contributed by atoms with Crippen LogP contribution in [0.2, 0.25) is 0 Å². The average Bonchev–Trinajstić information content (AvgIpc) is 3.07. The molecule has 10 N–H and O–H groups in total. The van der Waals surface area contributed by atoms with Crippen LogP contribution in [0.25, 0.3) is 0 Å². The highest BCUT2D eigenvalue weighted by molar-refractivity contribution is 5.96. The summed E-state index contributed by atoms with van der Waals surface area (Å²) < 4.78 is 0. The van der Waals surface area contributed by atoms with E-state index in [1.54, 1.807) is 36.4 Å². The van der Waals surface area contributed by atoms with Gasteiger partial charge in [0.2, 0.25) is 12.3 Å². The quantitative estimate of drug-likeness (QED) is 0.0397. The molecule has 0 aliphatic heterocycles. The van der Waals surface area contributed by atoms with Gasteiger partial charge in [0.15, 0.2) is 0 Å². The van der Waals surface area contributed by atoms with Crippen molar-refractivity contribution in [1.82, 2.24) is 30.9 Å². The minimum atomic E-state index is -1.26. The van der Waals surface area contributed by atoms with Crippen molar-refractivity contribution in [3.8, 4) is 0 Å². The average molecular weight is 731 g/mol. The van der Waals surface area contributed by atoms with Gasteiger partial charge in [-0.2, -0.15) is 0 Å². The minimum Gasteiger partial charge on any atom is -0.480 e. The van der Waals surface area contributed by atoms with Crippen LogP contribution >= 0.6 is 0 Å². The fourth-order valence-electron chi connectivity index (χ4n) is 4.70. The number of carbonyl (C=O) groups is 8. The highest BCUT2D eigenvalue weighted by Gasteiger charge is 2.20. The van der Waals surface area contributed by atoms with Gasteiger partial charge in [-0.15, -0.1) is 0 Å². The van der Waals surface area contributed by atoms with Crippen LogP contribution in [0.15, 0.2) is 48.5 Å². The Kier molecular flexibility index (Phi) is 17.8. The first-order valence-electron chi connectivity index (χ1n) is 15.7. The summed E-state index contributed by atoms with van der Waals surface area (Å²) in [6.45, 7) is -2.71. The smallest absolute Gasteiger partial charge is 0.317 e. The van der Waals surface area contributed by atoms with E-state index in [-0.39, 0.29) is 51.3 Å². The van der Waals surface area contributed by atoms with E-state index < -0.39 is 73.8 Å². The maximum atomic E-state index is 12.9. The Morgan fingerprint density at radius 1 is 0.635 bits per heavy atom. The van der Waals surface area contributed by atoms with Crippen LogP contribution in [-0.4, -0.2) is 148 Å². The lowest BCUT2D eigenvalue weighted by Gasteiger charge is -2.28. The highest BCUT2D eigenvalue weighted by Crippen LogP contribution is 2.10. The lowest BCUT2D eigenvalue weighted by molar-refractivity contribution is -0.143. The van der Waals surface area contributed by atoms with Gasteiger partial charge in [-0.05, 0) is 41.8 Å². The second-order valence-electron chi connectivity index (χ2n) is 11.5. The highest BCUT2D eigenvalue weighted by atomic mass is 16.4. The van der Waals surface area contributed by atoms with Crippen molar-refractivity contribution < 1.29 is 58.8 Å². The second kappa shape index (κ2) is 22.0. The van der Waals surface area contributed by atoms with Crippen molar-refractivity contribution in [3.05, 3.63) is 65.2 Å². The number of rotatable bonds is 24. The molecule has 0 unspecified atom stereocenters. The van der Waals surface area contributed by atoms with Gasteiger partial charge < -0.3 is 36.8 Å². The maximum Gasteiger partial charge on any atom is 0.317 e. The fourth-order valence-corrected chi connectivity index (χ4v) is 4.70. The number of nitrogens with one attached hydrogen (secondary N) is 4. The van der Waals surface area contributed by atoms with Gasteiger partial charge >= 0.3 is 23.9 Å². The molecule has 1 atom stereocenters. The number of amides is 4. The molecule has 282 valence electrons. The number of nitrogens with two attached hydrogens (primary N) is 1. The lowest BCUT2D eigenvalue weighted by Crippen LogP contribution is -2.50. The molecule has 4 amide bonds. The SMILES string of the molecule is N[C@H](Cc1ccc(NC=O)cc1)C(=O)NNC(=O)c1ccc(CNC(=O)CN(CCN(CC(=O)O)CC(=O)O)CCN(CC(=O)O)CC(=O)O)cc1. The predicted octanol–water partition coefficient (Wildman–Crippen LogP) is -2.55. The number of carboxylic acids is 4. The van der Waals surface area contributed by atoms with E-state index in [1.165, 1.54) is 17.0 Å². The Morgan fingerprint density at radius 2 is 1.10 bits per heavy atom. The number of hydrogen-bond acceptors (Lipinski definition) is 12. The molecule has 0 heterocycles. The number of anilines is 1. The molecule has 2 rings (SSSR count). The van der Waals surface area contributed by atoms with Crippen LogP contribution < -0.4 is 27.2 Å². The van der Waals surface area contributed by atoms with Crippen molar-refractivity contribution in [2.24, 2.45) is 5.73 Å².